The minimum absolute atomic E-state index is 0.184. The number of piperidine rings is 1. The third kappa shape index (κ3) is 4.58. The molecule has 1 aliphatic rings. The van der Waals surface area contributed by atoms with Crippen molar-refractivity contribution in [1.29, 1.82) is 0 Å². The predicted octanol–water partition coefficient (Wildman–Crippen LogP) is 2.61. The molecule has 1 aliphatic heterocycles. The van der Waals surface area contributed by atoms with Crippen molar-refractivity contribution in [3.8, 4) is 0 Å². The Kier molecular flexibility index (Phi) is 5.21. The molecule has 0 bridgehead atoms. The number of nitrogens with zero attached hydrogens (tertiary/aromatic N) is 3. The minimum Gasteiger partial charge on any atom is -0.444 e. The van der Waals surface area contributed by atoms with Gasteiger partial charge in [0, 0.05) is 25.5 Å². The summed E-state index contributed by atoms with van der Waals surface area (Å²) in [6, 6.07) is 1.99. The summed E-state index contributed by atoms with van der Waals surface area (Å²) in [5.41, 5.74) is -0.482. The van der Waals surface area contributed by atoms with Gasteiger partial charge in [-0.15, -0.1) is 0 Å². The number of hydrogen-bond donors (Lipinski definition) is 1. The molecule has 0 spiro atoms. The average molecular weight is 306 g/mol. The SMILES string of the molecule is C[C@@H]1CCCN(c2ncccn2)[C@H]1CNC(=O)OC(C)(C)C. The second-order valence-corrected chi connectivity index (χ2v) is 6.81. The van der Waals surface area contributed by atoms with Gasteiger partial charge >= 0.3 is 6.09 Å². The largest absolute Gasteiger partial charge is 0.444 e. The van der Waals surface area contributed by atoms with E-state index >= 15 is 0 Å². The quantitative estimate of drug-likeness (QED) is 0.929. The van der Waals surface area contributed by atoms with Crippen LogP contribution in [0.15, 0.2) is 18.5 Å². The summed E-state index contributed by atoms with van der Waals surface area (Å²) in [6.07, 6.45) is 5.38. The molecule has 0 radical (unpaired) electrons. The molecule has 2 atom stereocenters. The molecule has 22 heavy (non-hydrogen) atoms. The molecule has 1 N–H and O–H groups in total. The molecule has 1 aromatic heterocycles. The lowest BCUT2D eigenvalue weighted by atomic mass is 9.91. The van der Waals surface area contributed by atoms with Gasteiger partial charge in [-0.05, 0) is 45.6 Å². The Morgan fingerprint density at radius 3 is 2.73 bits per heavy atom. The van der Waals surface area contributed by atoms with Gasteiger partial charge < -0.3 is 15.0 Å². The van der Waals surface area contributed by atoms with Crippen LogP contribution in [-0.2, 0) is 4.74 Å². The van der Waals surface area contributed by atoms with Crippen molar-refractivity contribution in [2.24, 2.45) is 5.92 Å². The molecular weight excluding hydrogens is 280 g/mol. The van der Waals surface area contributed by atoms with Crippen LogP contribution in [-0.4, -0.2) is 40.8 Å². The molecule has 2 rings (SSSR count). The molecule has 2 heterocycles. The lowest BCUT2D eigenvalue weighted by molar-refractivity contribution is 0.0519. The number of nitrogens with one attached hydrogen (secondary N) is 1. The van der Waals surface area contributed by atoms with E-state index in [0.29, 0.717) is 12.5 Å². The van der Waals surface area contributed by atoms with Gasteiger partial charge in [0.25, 0.3) is 0 Å². The van der Waals surface area contributed by atoms with Gasteiger partial charge in [-0.25, -0.2) is 14.8 Å². The van der Waals surface area contributed by atoms with Gasteiger partial charge in [0.15, 0.2) is 0 Å². The number of amides is 1. The van der Waals surface area contributed by atoms with Gasteiger partial charge in [0.2, 0.25) is 5.95 Å². The summed E-state index contributed by atoms with van der Waals surface area (Å²) in [5, 5.41) is 2.88. The fraction of sp³-hybridized carbons (Fsp3) is 0.688. The Labute approximate surface area is 132 Å². The van der Waals surface area contributed by atoms with E-state index in [-0.39, 0.29) is 12.1 Å². The van der Waals surface area contributed by atoms with Crippen LogP contribution >= 0.6 is 0 Å². The third-order valence-corrected chi connectivity index (χ3v) is 3.78. The molecule has 1 amide bonds. The number of anilines is 1. The number of rotatable bonds is 3. The molecule has 0 saturated carbocycles. The monoisotopic (exact) mass is 306 g/mol. The highest BCUT2D eigenvalue weighted by atomic mass is 16.6. The van der Waals surface area contributed by atoms with Gasteiger partial charge in [-0.1, -0.05) is 6.92 Å². The Morgan fingerprint density at radius 1 is 1.41 bits per heavy atom. The van der Waals surface area contributed by atoms with Crippen molar-refractivity contribution in [3.63, 3.8) is 0 Å². The van der Waals surface area contributed by atoms with E-state index in [2.05, 4.69) is 27.1 Å². The van der Waals surface area contributed by atoms with E-state index in [9.17, 15) is 4.79 Å². The molecule has 6 nitrogen and oxygen atoms in total. The second-order valence-electron chi connectivity index (χ2n) is 6.81. The van der Waals surface area contributed by atoms with Gasteiger partial charge in [0.1, 0.15) is 5.60 Å². The predicted molar refractivity (Wildman–Crippen MR) is 85.8 cm³/mol. The molecule has 1 aromatic rings. The molecule has 0 aliphatic carbocycles. The number of hydrogen-bond acceptors (Lipinski definition) is 5. The first kappa shape index (κ1) is 16.5. The third-order valence-electron chi connectivity index (χ3n) is 3.78. The van der Waals surface area contributed by atoms with Crippen molar-refractivity contribution in [2.45, 2.75) is 52.2 Å². The number of alkyl carbamates (subject to hydrolysis) is 1. The standard InChI is InChI=1S/C16H26N4O2/c1-12-7-5-10-20(14-17-8-6-9-18-14)13(12)11-19-15(21)22-16(2,3)4/h6,8-9,12-13H,5,7,10-11H2,1-4H3,(H,19,21)/t12-,13+/m1/s1. The van der Waals surface area contributed by atoms with Crippen LogP contribution in [0.4, 0.5) is 10.7 Å². The Balaban J connectivity index is 2.00. The maximum Gasteiger partial charge on any atom is 0.407 e. The first-order chi connectivity index (χ1) is 10.4. The van der Waals surface area contributed by atoms with Crippen molar-refractivity contribution in [1.82, 2.24) is 15.3 Å². The highest BCUT2D eigenvalue weighted by molar-refractivity contribution is 5.67. The van der Waals surface area contributed by atoms with Crippen LogP contribution in [0, 0.1) is 5.92 Å². The van der Waals surface area contributed by atoms with E-state index in [4.69, 9.17) is 4.74 Å². The van der Waals surface area contributed by atoms with Gasteiger partial charge in [-0.3, -0.25) is 0 Å². The molecule has 1 saturated heterocycles. The summed E-state index contributed by atoms with van der Waals surface area (Å²) in [7, 11) is 0. The Hall–Kier alpha value is -1.85. The van der Waals surface area contributed by atoms with Crippen LogP contribution in [0.1, 0.15) is 40.5 Å². The number of carbonyl (C=O) groups excluding carboxylic acids is 1. The maximum absolute atomic E-state index is 11.9. The number of aromatic nitrogens is 2. The summed E-state index contributed by atoms with van der Waals surface area (Å²) < 4.78 is 5.31. The van der Waals surface area contributed by atoms with Crippen LogP contribution in [0.5, 0.6) is 0 Å². The zero-order chi connectivity index (χ0) is 16.2. The van der Waals surface area contributed by atoms with Crippen LogP contribution < -0.4 is 10.2 Å². The first-order valence-electron chi connectivity index (χ1n) is 7.87. The second kappa shape index (κ2) is 6.94. The Morgan fingerprint density at radius 2 is 2.09 bits per heavy atom. The first-order valence-corrected chi connectivity index (χ1v) is 7.87. The van der Waals surface area contributed by atoms with E-state index in [1.54, 1.807) is 12.4 Å². The van der Waals surface area contributed by atoms with Gasteiger partial charge in [-0.2, -0.15) is 0 Å². The van der Waals surface area contributed by atoms with E-state index in [1.807, 2.05) is 26.8 Å². The minimum atomic E-state index is -0.482. The normalized spacial score (nSPS) is 22.3. The van der Waals surface area contributed by atoms with E-state index in [1.165, 1.54) is 0 Å². The lowest BCUT2D eigenvalue weighted by Gasteiger charge is -2.40. The van der Waals surface area contributed by atoms with Gasteiger partial charge in [0.05, 0.1) is 6.04 Å². The van der Waals surface area contributed by atoms with Crippen molar-refractivity contribution in [2.75, 3.05) is 18.0 Å². The summed E-state index contributed by atoms with van der Waals surface area (Å²) >= 11 is 0. The zero-order valence-electron chi connectivity index (χ0n) is 13.9. The number of carbonyl (C=O) groups is 1. The van der Waals surface area contributed by atoms with E-state index in [0.717, 1.165) is 25.3 Å². The van der Waals surface area contributed by atoms with Crippen molar-refractivity contribution in [3.05, 3.63) is 18.5 Å². The highest BCUT2D eigenvalue weighted by Crippen LogP contribution is 2.25. The Bertz CT molecular complexity index is 487. The highest BCUT2D eigenvalue weighted by Gasteiger charge is 2.30. The molecule has 122 valence electrons. The summed E-state index contributed by atoms with van der Waals surface area (Å²) in [4.78, 5) is 22.7. The van der Waals surface area contributed by atoms with Crippen molar-refractivity contribution < 1.29 is 9.53 Å². The fourth-order valence-corrected chi connectivity index (χ4v) is 2.75. The summed E-state index contributed by atoms with van der Waals surface area (Å²) in [5.74, 6) is 1.19. The zero-order valence-corrected chi connectivity index (χ0v) is 13.9. The number of ether oxygens (including phenoxy) is 1. The maximum atomic E-state index is 11.9. The molecule has 0 aromatic carbocycles. The average Bonchev–Trinajstić information content (AvgIpc) is 2.45. The van der Waals surface area contributed by atoms with Crippen molar-refractivity contribution >= 4 is 12.0 Å². The topological polar surface area (TPSA) is 67.4 Å². The molecule has 0 unspecified atom stereocenters. The smallest absolute Gasteiger partial charge is 0.407 e. The molecular formula is C16H26N4O2. The molecule has 1 fully saturated rings. The van der Waals surface area contributed by atoms with Crippen LogP contribution in [0.3, 0.4) is 0 Å². The fourth-order valence-electron chi connectivity index (χ4n) is 2.75. The molecule has 6 heteroatoms. The summed E-state index contributed by atoms with van der Waals surface area (Å²) in [6.45, 7) is 9.24. The van der Waals surface area contributed by atoms with E-state index < -0.39 is 5.60 Å². The van der Waals surface area contributed by atoms with Crippen LogP contribution in [0.2, 0.25) is 0 Å². The lowest BCUT2D eigenvalue weighted by Crippen LogP contribution is -2.52. The van der Waals surface area contributed by atoms with Crippen LogP contribution in [0.25, 0.3) is 0 Å².